The highest BCUT2D eigenvalue weighted by molar-refractivity contribution is 7.95. The Morgan fingerprint density at radius 2 is 1.08 bits per heavy atom. The molecule has 0 unspecified atom stereocenters. The Hall–Kier alpha value is -1.96. The van der Waals surface area contributed by atoms with E-state index in [0.717, 1.165) is 6.16 Å². The summed E-state index contributed by atoms with van der Waals surface area (Å²) in [5, 5.41) is 3.86. The summed E-state index contributed by atoms with van der Waals surface area (Å²) in [7, 11) is -0.467. The number of benzene rings is 3. The van der Waals surface area contributed by atoms with Crippen molar-refractivity contribution < 1.29 is 26.5 Å². The number of carbonyl (C=O) groups excluding carboxylic acids is 1. The highest BCUT2D eigenvalue weighted by atomic mass is 79.9. The van der Waals surface area contributed by atoms with Crippen molar-refractivity contribution in [2.24, 2.45) is 0 Å². The number of methoxy groups -OCH3 is 1. The minimum absolute atomic E-state index is 0. The van der Waals surface area contributed by atoms with E-state index in [1.165, 1.54) is 23.0 Å². The number of esters is 1. The van der Waals surface area contributed by atoms with E-state index in [4.69, 9.17) is 4.74 Å². The lowest BCUT2D eigenvalue weighted by molar-refractivity contribution is -0.140. The van der Waals surface area contributed by atoms with Gasteiger partial charge in [0.1, 0.15) is 23.2 Å². The van der Waals surface area contributed by atoms with E-state index in [9.17, 15) is 4.79 Å². The Bertz CT molecular complexity index is 711. The average Bonchev–Trinajstić information content (AvgIpc) is 2.71. The highest BCUT2D eigenvalue weighted by Crippen LogP contribution is 2.55. The fourth-order valence-corrected chi connectivity index (χ4v) is 7.47. The molecule has 0 saturated heterocycles. The SMILES string of the molecule is COC(=O)CC[P+](c1ccccc1)(c1ccccc1)c1ccccc1.[Br-]. The van der Waals surface area contributed by atoms with Gasteiger partial charge < -0.3 is 21.7 Å². The Kier molecular flexibility index (Phi) is 7.56. The normalized spacial score (nSPS) is 10.7. The maximum atomic E-state index is 11.9. The first kappa shape index (κ1) is 20.4. The zero-order valence-electron chi connectivity index (χ0n) is 14.7. The molecule has 0 atom stereocenters. The third-order valence-electron chi connectivity index (χ3n) is 4.47. The third kappa shape index (κ3) is 4.23. The van der Waals surface area contributed by atoms with Gasteiger partial charge in [0.25, 0.3) is 0 Å². The van der Waals surface area contributed by atoms with E-state index in [0.29, 0.717) is 6.42 Å². The fraction of sp³-hybridized carbons (Fsp3) is 0.136. The lowest BCUT2D eigenvalue weighted by atomic mass is 10.3. The summed E-state index contributed by atoms with van der Waals surface area (Å²) in [4.78, 5) is 11.9. The number of hydrogen-bond donors (Lipinski definition) is 0. The van der Waals surface area contributed by atoms with E-state index in [-0.39, 0.29) is 23.0 Å². The minimum atomic E-state index is -1.92. The quantitative estimate of drug-likeness (QED) is 0.423. The number of halogens is 1. The average molecular weight is 429 g/mol. The largest absolute Gasteiger partial charge is 1.00 e. The van der Waals surface area contributed by atoms with Crippen LogP contribution < -0.4 is 32.9 Å². The van der Waals surface area contributed by atoms with Crippen molar-refractivity contribution in [1.82, 2.24) is 0 Å². The van der Waals surface area contributed by atoms with Crippen molar-refractivity contribution in [3.63, 3.8) is 0 Å². The van der Waals surface area contributed by atoms with Crippen molar-refractivity contribution in [3.8, 4) is 0 Å². The maximum absolute atomic E-state index is 11.9. The summed E-state index contributed by atoms with van der Waals surface area (Å²) in [5.74, 6) is -0.160. The molecule has 3 rings (SSSR count). The Morgan fingerprint density at radius 1 is 0.731 bits per heavy atom. The third-order valence-corrected chi connectivity index (χ3v) is 8.90. The molecule has 0 bridgehead atoms. The van der Waals surface area contributed by atoms with Gasteiger partial charge >= 0.3 is 5.97 Å². The summed E-state index contributed by atoms with van der Waals surface area (Å²) >= 11 is 0. The molecule has 0 N–H and O–H groups in total. The first-order valence-electron chi connectivity index (χ1n) is 8.39. The van der Waals surface area contributed by atoms with Crippen LogP contribution in [0.2, 0.25) is 0 Å². The molecule has 0 amide bonds. The molecular formula is C22H22BrO2P. The van der Waals surface area contributed by atoms with Crippen LogP contribution in [-0.4, -0.2) is 19.2 Å². The molecule has 0 aliphatic rings. The van der Waals surface area contributed by atoms with Gasteiger partial charge in [-0.05, 0) is 36.4 Å². The highest BCUT2D eigenvalue weighted by Gasteiger charge is 2.45. The first-order valence-corrected chi connectivity index (χ1v) is 10.4. The van der Waals surface area contributed by atoms with Crippen LogP contribution in [0.4, 0.5) is 0 Å². The van der Waals surface area contributed by atoms with Gasteiger partial charge in [-0.25, -0.2) is 0 Å². The molecule has 4 heteroatoms. The Balaban J connectivity index is 0.00000243. The van der Waals surface area contributed by atoms with Crippen LogP contribution in [-0.2, 0) is 9.53 Å². The van der Waals surface area contributed by atoms with E-state index in [1.807, 2.05) is 18.2 Å². The smallest absolute Gasteiger partial charge is 0.309 e. The molecule has 2 nitrogen and oxygen atoms in total. The topological polar surface area (TPSA) is 26.3 Å². The van der Waals surface area contributed by atoms with Gasteiger partial charge in [-0.3, -0.25) is 4.79 Å². The van der Waals surface area contributed by atoms with E-state index >= 15 is 0 Å². The van der Waals surface area contributed by atoms with E-state index in [1.54, 1.807) is 0 Å². The van der Waals surface area contributed by atoms with Crippen LogP contribution in [0.1, 0.15) is 6.42 Å². The van der Waals surface area contributed by atoms with E-state index in [2.05, 4.69) is 72.8 Å². The molecule has 134 valence electrons. The van der Waals surface area contributed by atoms with Crippen molar-refractivity contribution in [2.45, 2.75) is 6.42 Å². The molecular weight excluding hydrogens is 407 g/mol. The van der Waals surface area contributed by atoms with Gasteiger partial charge in [-0.1, -0.05) is 54.6 Å². The van der Waals surface area contributed by atoms with Crippen molar-refractivity contribution in [2.75, 3.05) is 13.3 Å². The van der Waals surface area contributed by atoms with Crippen molar-refractivity contribution in [3.05, 3.63) is 91.0 Å². The van der Waals surface area contributed by atoms with Gasteiger partial charge in [0, 0.05) is 0 Å². The van der Waals surface area contributed by atoms with Gasteiger partial charge in [0.15, 0.2) is 0 Å². The second-order valence-electron chi connectivity index (χ2n) is 5.87. The number of rotatable bonds is 6. The lowest BCUT2D eigenvalue weighted by Gasteiger charge is -2.27. The first-order chi connectivity index (χ1) is 12.3. The molecule has 0 fully saturated rings. The predicted molar refractivity (Wildman–Crippen MR) is 107 cm³/mol. The number of carbonyl (C=O) groups is 1. The fourth-order valence-electron chi connectivity index (χ4n) is 3.24. The summed E-state index contributed by atoms with van der Waals surface area (Å²) < 4.78 is 4.93. The van der Waals surface area contributed by atoms with Crippen molar-refractivity contribution >= 4 is 29.1 Å². The summed E-state index contributed by atoms with van der Waals surface area (Å²) in [5.41, 5.74) is 0. The van der Waals surface area contributed by atoms with Gasteiger partial charge in [-0.15, -0.1) is 0 Å². The van der Waals surface area contributed by atoms with Crippen LogP contribution >= 0.6 is 7.26 Å². The molecule has 0 aromatic heterocycles. The monoisotopic (exact) mass is 428 g/mol. The Labute approximate surface area is 166 Å². The zero-order chi connectivity index (χ0) is 17.5. The molecule has 0 heterocycles. The molecule has 0 spiro atoms. The summed E-state index contributed by atoms with van der Waals surface area (Å²) in [6.45, 7) is 0. The molecule has 3 aromatic rings. The summed E-state index contributed by atoms with van der Waals surface area (Å²) in [6.07, 6.45) is 1.17. The lowest BCUT2D eigenvalue weighted by Crippen LogP contribution is -3.00. The molecule has 0 aliphatic heterocycles. The number of hydrogen-bond acceptors (Lipinski definition) is 2. The van der Waals surface area contributed by atoms with Gasteiger partial charge in [0.2, 0.25) is 0 Å². The van der Waals surface area contributed by atoms with Crippen LogP contribution in [0.3, 0.4) is 0 Å². The van der Waals surface area contributed by atoms with Crippen LogP contribution in [0.15, 0.2) is 91.0 Å². The molecule has 0 saturated carbocycles. The molecule has 0 aliphatic carbocycles. The second-order valence-corrected chi connectivity index (χ2v) is 9.48. The van der Waals surface area contributed by atoms with Crippen LogP contribution in [0.5, 0.6) is 0 Å². The van der Waals surface area contributed by atoms with Crippen molar-refractivity contribution in [1.29, 1.82) is 0 Å². The standard InChI is InChI=1S/C22H22O2P.BrH/c1-24-22(23)17-18-25(19-11-5-2-6-12-19,20-13-7-3-8-14-20)21-15-9-4-10-16-21;/h2-16H,17-18H2,1H3;1H/q+1;/p-1. The second kappa shape index (κ2) is 9.66. The number of ether oxygens (including phenoxy) is 1. The van der Waals surface area contributed by atoms with Gasteiger partial charge in [-0.2, -0.15) is 0 Å². The van der Waals surface area contributed by atoms with Crippen LogP contribution in [0.25, 0.3) is 0 Å². The Morgan fingerprint density at radius 3 is 1.38 bits per heavy atom. The summed E-state index contributed by atoms with van der Waals surface area (Å²) in [6, 6.07) is 31.7. The molecule has 26 heavy (non-hydrogen) atoms. The molecule has 3 aromatic carbocycles. The molecule has 0 radical (unpaired) electrons. The maximum Gasteiger partial charge on any atom is 0.309 e. The predicted octanol–water partition coefficient (Wildman–Crippen LogP) is 0.548. The van der Waals surface area contributed by atoms with E-state index < -0.39 is 7.26 Å². The minimum Gasteiger partial charge on any atom is -1.00 e. The zero-order valence-corrected chi connectivity index (χ0v) is 17.2. The van der Waals surface area contributed by atoms with Crippen LogP contribution in [0, 0.1) is 0 Å². The van der Waals surface area contributed by atoms with Gasteiger partial charge in [0.05, 0.1) is 19.7 Å².